The first kappa shape index (κ1) is 51.7. The molecule has 0 aromatic rings. The second kappa shape index (κ2) is 37.0. The monoisotopic (exact) mass is 782 g/mol. The third-order valence-electron chi connectivity index (χ3n) is 11.1. The van der Waals surface area contributed by atoms with Crippen LogP contribution in [0, 0.1) is 0 Å². The van der Waals surface area contributed by atoms with Crippen molar-refractivity contribution in [2.75, 3.05) is 13.2 Å². The van der Waals surface area contributed by atoms with Gasteiger partial charge >= 0.3 is 0 Å². The van der Waals surface area contributed by atoms with Crippen LogP contribution < -0.4 is 5.32 Å². The average molecular weight is 782 g/mol. The van der Waals surface area contributed by atoms with Gasteiger partial charge in [0, 0.05) is 6.42 Å². The van der Waals surface area contributed by atoms with Crippen molar-refractivity contribution >= 4 is 5.91 Å². The molecule has 1 aliphatic rings. The lowest BCUT2D eigenvalue weighted by Crippen LogP contribution is -2.60. The van der Waals surface area contributed by atoms with E-state index in [0.29, 0.717) is 12.8 Å². The Hall–Kier alpha value is -1.33. The van der Waals surface area contributed by atoms with Gasteiger partial charge in [-0.25, -0.2) is 0 Å². The van der Waals surface area contributed by atoms with Crippen LogP contribution in [0.3, 0.4) is 0 Å². The molecule has 0 bridgehead atoms. The van der Waals surface area contributed by atoms with Gasteiger partial charge in [0.2, 0.25) is 5.91 Å². The first-order valence-corrected chi connectivity index (χ1v) is 23.0. The molecule has 55 heavy (non-hydrogen) atoms. The zero-order chi connectivity index (χ0) is 40.2. The summed E-state index contributed by atoms with van der Waals surface area (Å²) in [5.74, 6) is -0.152. The van der Waals surface area contributed by atoms with Crippen LogP contribution in [0.2, 0.25) is 0 Å². The number of ether oxygens (including phenoxy) is 2. The van der Waals surface area contributed by atoms with Crippen molar-refractivity contribution in [3.8, 4) is 0 Å². The Morgan fingerprint density at radius 1 is 0.618 bits per heavy atom. The van der Waals surface area contributed by atoms with Crippen molar-refractivity contribution < 1.29 is 39.8 Å². The van der Waals surface area contributed by atoms with Gasteiger partial charge in [-0.3, -0.25) is 4.79 Å². The number of unbranched alkanes of at least 4 members (excludes halogenated alkanes) is 24. The van der Waals surface area contributed by atoms with Crippen molar-refractivity contribution in [3.05, 3.63) is 24.3 Å². The van der Waals surface area contributed by atoms with Gasteiger partial charge in [0.25, 0.3) is 0 Å². The minimum Gasteiger partial charge on any atom is -0.394 e. The minimum absolute atomic E-state index is 0.140. The van der Waals surface area contributed by atoms with Crippen molar-refractivity contribution in [1.82, 2.24) is 5.32 Å². The Labute approximate surface area is 337 Å². The zero-order valence-electron chi connectivity index (χ0n) is 35.4. The van der Waals surface area contributed by atoms with E-state index in [-0.39, 0.29) is 12.5 Å². The van der Waals surface area contributed by atoms with Gasteiger partial charge in [-0.15, -0.1) is 0 Å². The summed E-state index contributed by atoms with van der Waals surface area (Å²) in [7, 11) is 0. The molecule has 0 radical (unpaired) electrons. The van der Waals surface area contributed by atoms with Gasteiger partial charge in [-0.05, 0) is 44.9 Å². The third kappa shape index (κ3) is 27.9. The molecule has 1 heterocycles. The summed E-state index contributed by atoms with van der Waals surface area (Å²) in [5, 5.41) is 54.3. The Bertz CT molecular complexity index is 914. The number of aliphatic hydroxyl groups excluding tert-OH is 5. The predicted molar refractivity (Wildman–Crippen MR) is 226 cm³/mol. The van der Waals surface area contributed by atoms with E-state index >= 15 is 0 Å². The predicted octanol–water partition coefficient (Wildman–Crippen LogP) is 9.50. The summed E-state index contributed by atoms with van der Waals surface area (Å²) >= 11 is 0. The highest BCUT2D eigenvalue weighted by atomic mass is 16.7. The quantitative estimate of drug-likeness (QED) is 0.0268. The number of nitrogens with one attached hydrogen (secondary N) is 1. The molecule has 1 rings (SSSR count). The van der Waals surface area contributed by atoms with Crippen molar-refractivity contribution in [1.29, 1.82) is 0 Å². The van der Waals surface area contributed by atoms with Crippen molar-refractivity contribution in [2.45, 2.75) is 249 Å². The number of carbonyl (C=O) groups is 1. The highest BCUT2D eigenvalue weighted by Crippen LogP contribution is 2.23. The summed E-state index contributed by atoms with van der Waals surface area (Å²) in [4.78, 5) is 13.0. The van der Waals surface area contributed by atoms with Crippen LogP contribution in [0.15, 0.2) is 24.3 Å². The largest absolute Gasteiger partial charge is 0.394 e. The molecular weight excluding hydrogens is 695 g/mol. The maximum atomic E-state index is 13.0. The van der Waals surface area contributed by atoms with E-state index in [1.165, 1.54) is 128 Å². The smallest absolute Gasteiger partial charge is 0.220 e. The summed E-state index contributed by atoms with van der Waals surface area (Å²) in [6.07, 6.45) is 36.0. The van der Waals surface area contributed by atoms with Crippen LogP contribution in [-0.4, -0.2) is 87.5 Å². The summed E-state index contributed by atoms with van der Waals surface area (Å²) < 4.78 is 11.2. The maximum Gasteiger partial charge on any atom is 0.220 e. The molecule has 1 fully saturated rings. The topological polar surface area (TPSA) is 149 Å². The van der Waals surface area contributed by atoms with Crippen LogP contribution in [0.1, 0.15) is 206 Å². The molecule has 1 aliphatic heterocycles. The Balaban J connectivity index is 2.33. The lowest BCUT2D eigenvalue weighted by atomic mass is 9.99. The van der Waals surface area contributed by atoms with Gasteiger partial charge in [0.05, 0.1) is 25.4 Å². The number of aliphatic hydroxyl groups is 5. The fraction of sp³-hybridized carbons (Fsp3) is 0.891. The van der Waals surface area contributed by atoms with Gasteiger partial charge in [0.1, 0.15) is 24.4 Å². The van der Waals surface area contributed by atoms with E-state index < -0.39 is 49.5 Å². The highest BCUT2D eigenvalue weighted by molar-refractivity contribution is 5.76. The third-order valence-corrected chi connectivity index (χ3v) is 11.1. The molecule has 0 aliphatic carbocycles. The average Bonchev–Trinajstić information content (AvgIpc) is 3.18. The summed E-state index contributed by atoms with van der Waals surface area (Å²) in [5.41, 5.74) is 0. The van der Waals surface area contributed by atoms with Crippen LogP contribution in [-0.2, 0) is 14.3 Å². The van der Waals surface area contributed by atoms with E-state index in [2.05, 4.69) is 43.5 Å². The van der Waals surface area contributed by atoms with E-state index in [9.17, 15) is 30.3 Å². The fourth-order valence-electron chi connectivity index (χ4n) is 7.31. The molecule has 324 valence electrons. The number of allylic oxidation sites excluding steroid dienone is 4. The molecule has 1 amide bonds. The second-order valence-electron chi connectivity index (χ2n) is 16.2. The first-order chi connectivity index (χ1) is 26.8. The summed E-state index contributed by atoms with van der Waals surface area (Å²) in [6.45, 7) is 3.81. The molecule has 9 nitrogen and oxygen atoms in total. The van der Waals surface area contributed by atoms with E-state index in [4.69, 9.17) is 9.47 Å². The number of amides is 1. The fourth-order valence-corrected chi connectivity index (χ4v) is 7.31. The van der Waals surface area contributed by atoms with Gasteiger partial charge in [-0.2, -0.15) is 0 Å². The van der Waals surface area contributed by atoms with E-state index in [1.54, 1.807) is 0 Å². The Kier molecular flexibility index (Phi) is 34.7. The lowest BCUT2D eigenvalue weighted by molar-refractivity contribution is -0.302. The van der Waals surface area contributed by atoms with Crippen molar-refractivity contribution in [2.24, 2.45) is 0 Å². The van der Waals surface area contributed by atoms with Crippen LogP contribution in [0.25, 0.3) is 0 Å². The molecule has 1 saturated heterocycles. The number of hydrogen-bond donors (Lipinski definition) is 6. The Morgan fingerprint density at radius 3 is 1.58 bits per heavy atom. The molecule has 9 heteroatoms. The van der Waals surface area contributed by atoms with Crippen LogP contribution in [0.5, 0.6) is 0 Å². The van der Waals surface area contributed by atoms with E-state index in [0.717, 1.165) is 51.4 Å². The SMILES string of the molecule is CCCCCC/C=C\C/C=C\CCCCCCCCCC(=O)NC(COC1OC(CO)C(O)C(O)C1O)C(O)CCCCCCCCCCCCCCCC. The van der Waals surface area contributed by atoms with Crippen LogP contribution >= 0.6 is 0 Å². The molecular formula is C46H87NO8. The lowest BCUT2D eigenvalue weighted by Gasteiger charge is -2.40. The normalized spacial score (nSPS) is 21.5. The van der Waals surface area contributed by atoms with Crippen molar-refractivity contribution in [3.63, 3.8) is 0 Å². The first-order valence-electron chi connectivity index (χ1n) is 23.0. The molecule has 7 atom stereocenters. The van der Waals surface area contributed by atoms with Crippen LogP contribution in [0.4, 0.5) is 0 Å². The van der Waals surface area contributed by atoms with Gasteiger partial charge in [0.15, 0.2) is 6.29 Å². The molecule has 0 spiro atoms. The van der Waals surface area contributed by atoms with E-state index in [1.807, 2.05) is 0 Å². The maximum absolute atomic E-state index is 13.0. The van der Waals surface area contributed by atoms with Gasteiger partial charge in [-0.1, -0.05) is 179 Å². The number of rotatable bonds is 38. The molecule has 0 aromatic heterocycles. The zero-order valence-corrected chi connectivity index (χ0v) is 35.4. The number of carbonyl (C=O) groups excluding carboxylic acids is 1. The molecule has 0 saturated carbocycles. The standard InChI is InChI=1S/C46H87NO8/c1-3-5-7-9-11-13-15-17-19-20-21-22-24-26-28-30-32-34-36-42(50)47-39(38-54-46-45(53)44(52)43(51)41(37-48)55-46)40(49)35-33-31-29-27-25-23-18-16-14-12-10-8-6-4-2/h13,15,19-20,39-41,43-46,48-49,51-53H,3-12,14,16-18,21-38H2,1-2H3,(H,47,50)/b15-13-,20-19-. The number of hydrogen-bond acceptors (Lipinski definition) is 8. The highest BCUT2D eigenvalue weighted by Gasteiger charge is 2.44. The molecule has 6 N–H and O–H groups in total. The summed E-state index contributed by atoms with van der Waals surface area (Å²) in [6, 6.07) is -0.720. The minimum atomic E-state index is -1.55. The second-order valence-corrected chi connectivity index (χ2v) is 16.2. The Morgan fingerprint density at radius 2 is 1.07 bits per heavy atom. The van der Waals surface area contributed by atoms with Gasteiger partial charge < -0.3 is 40.3 Å². The molecule has 0 aromatic carbocycles. The molecule has 7 unspecified atom stereocenters.